The third-order valence-corrected chi connectivity index (χ3v) is 7.04. The lowest BCUT2D eigenvalue weighted by molar-refractivity contribution is -0.152. The van der Waals surface area contributed by atoms with Crippen molar-refractivity contribution in [1.82, 2.24) is 15.3 Å². The average molecular weight is 507 g/mol. The van der Waals surface area contributed by atoms with E-state index in [0.717, 1.165) is 16.8 Å². The molecule has 0 saturated carbocycles. The molecule has 0 amide bonds. The van der Waals surface area contributed by atoms with Crippen molar-refractivity contribution in [2.75, 3.05) is 18.5 Å². The Bertz CT molecular complexity index is 1240. The zero-order valence-corrected chi connectivity index (χ0v) is 21.6. The summed E-state index contributed by atoms with van der Waals surface area (Å²) in [5.74, 6) is -1.71. The van der Waals surface area contributed by atoms with E-state index in [2.05, 4.69) is 15.6 Å². The lowest BCUT2D eigenvalue weighted by Crippen LogP contribution is -2.60. The summed E-state index contributed by atoms with van der Waals surface area (Å²) in [6.45, 7) is 7.73. The van der Waals surface area contributed by atoms with Gasteiger partial charge in [-0.25, -0.2) is 9.78 Å². The number of hydrogen-bond acceptors (Lipinski definition) is 9. The summed E-state index contributed by atoms with van der Waals surface area (Å²) in [6.07, 6.45) is 3.45. The Kier molecular flexibility index (Phi) is 7.69. The molecule has 4 rings (SSSR count). The molecule has 1 aliphatic heterocycles. The molecule has 0 fully saturated rings. The molecule has 1 aliphatic rings. The Morgan fingerprint density at radius 1 is 1.11 bits per heavy atom. The van der Waals surface area contributed by atoms with Gasteiger partial charge in [0.2, 0.25) is 0 Å². The van der Waals surface area contributed by atoms with Crippen LogP contribution in [-0.4, -0.2) is 41.2 Å². The minimum absolute atomic E-state index is 0.213. The molecule has 0 aliphatic carbocycles. The molecule has 3 atom stereocenters. The van der Waals surface area contributed by atoms with Crippen LogP contribution in [0.4, 0.5) is 5.13 Å². The molecule has 36 heavy (non-hydrogen) atoms. The molecule has 0 bridgehead atoms. The van der Waals surface area contributed by atoms with Crippen molar-refractivity contribution in [3.05, 3.63) is 77.1 Å². The molecule has 0 radical (unpaired) electrons. The number of hydrogen-bond donors (Lipinski definition) is 2. The highest BCUT2D eigenvalue weighted by Gasteiger charge is 2.53. The summed E-state index contributed by atoms with van der Waals surface area (Å²) in [5.41, 5.74) is 2.63. The molecule has 2 aromatic heterocycles. The number of carbonyl (C=O) groups excluding carboxylic acids is 2. The topological polar surface area (TPSA) is 102 Å². The number of carbonyl (C=O) groups is 2. The maximum Gasteiger partial charge on any atom is 0.337 e. The Hall–Kier alpha value is -3.72. The van der Waals surface area contributed by atoms with Gasteiger partial charge in [0, 0.05) is 29.0 Å². The van der Waals surface area contributed by atoms with E-state index in [1.54, 1.807) is 26.2 Å². The van der Waals surface area contributed by atoms with Gasteiger partial charge in [0.1, 0.15) is 5.92 Å². The van der Waals surface area contributed by atoms with E-state index in [1.165, 1.54) is 11.3 Å². The number of pyridine rings is 1. The van der Waals surface area contributed by atoms with E-state index in [9.17, 15) is 9.59 Å². The maximum atomic E-state index is 13.5. The third-order valence-electron chi connectivity index (χ3n) is 6.27. The van der Waals surface area contributed by atoms with Crippen LogP contribution in [0.2, 0.25) is 0 Å². The highest BCUT2D eigenvalue weighted by molar-refractivity contribution is 7.14. The highest BCUT2D eigenvalue weighted by atomic mass is 32.1. The minimum atomic E-state index is -0.866. The molecule has 9 heteroatoms. The predicted octanol–water partition coefficient (Wildman–Crippen LogP) is 4.52. The van der Waals surface area contributed by atoms with E-state index < -0.39 is 29.4 Å². The molecular weight excluding hydrogens is 476 g/mol. The third kappa shape index (κ3) is 4.97. The summed E-state index contributed by atoms with van der Waals surface area (Å²) < 4.78 is 10.9. The lowest BCUT2D eigenvalue weighted by Gasteiger charge is -2.47. The summed E-state index contributed by atoms with van der Waals surface area (Å²) in [6, 6.07) is 12.7. The Balaban J connectivity index is 1.82. The van der Waals surface area contributed by atoms with Gasteiger partial charge in [-0.05, 0) is 45.4 Å². The van der Waals surface area contributed by atoms with Crippen molar-refractivity contribution in [1.29, 1.82) is 0 Å². The number of ether oxygens (including phenoxy) is 2. The van der Waals surface area contributed by atoms with Crippen LogP contribution >= 0.6 is 11.3 Å². The second kappa shape index (κ2) is 10.9. The molecule has 2 N–H and O–H groups in total. The van der Waals surface area contributed by atoms with Gasteiger partial charge in [0.15, 0.2) is 5.13 Å². The van der Waals surface area contributed by atoms with Crippen molar-refractivity contribution in [3.63, 3.8) is 0 Å². The van der Waals surface area contributed by atoms with Crippen molar-refractivity contribution >= 4 is 28.4 Å². The number of rotatable bonds is 8. The predicted molar refractivity (Wildman–Crippen MR) is 139 cm³/mol. The normalized spacial score (nSPS) is 21.4. The Labute approximate surface area is 214 Å². The second-order valence-electron chi connectivity index (χ2n) is 8.58. The van der Waals surface area contributed by atoms with E-state index in [-0.39, 0.29) is 13.2 Å². The number of aromatic nitrogens is 2. The Morgan fingerprint density at radius 2 is 1.86 bits per heavy atom. The molecule has 188 valence electrons. The van der Waals surface area contributed by atoms with Gasteiger partial charge in [0.05, 0.1) is 36.1 Å². The number of nitrogens with zero attached hydrogens (tertiary/aromatic N) is 2. The van der Waals surface area contributed by atoms with E-state index in [0.29, 0.717) is 16.4 Å². The number of allylic oxidation sites excluding steroid dienone is 1. The molecule has 3 heterocycles. The number of thiazole rings is 1. The monoisotopic (exact) mass is 506 g/mol. The summed E-state index contributed by atoms with van der Waals surface area (Å²) in [5, 5.41) is 9.32. The van der Waals surface area contributed by atoms with E-state index in [1.807, 2.05) is 61.7 Å². The summed E-state index contributed by atoms with van der Waals surface area (Å²) >= 11 is 1.39. The van der Waals surface area contributed by atoms with Gasteiger partial charge >= 0.3 is 11.9 Å². The number of anilines is 1. The summed E-state index contributed by atoms with van der Waals surface area (Å²) in [7, 11) is 0. The first-order chi connectivity index (χ1) is 17.4. The largest absolute Gasteiger partial charge is 0.466 e. The standard InChI is InChI=1S/C27H30N4O4S/c1-5-34-24(32)21-17(3)31-27(4,19-12-8-7-9-13-19)22(25(33)35-6-2)23(21)30-26-29-20(16-36-26)18-11-10-14-28-15-18/h7-16,22-23,31H,5-6H2,1-4H3,(H,29,30). The second-order valence-corrected chi connectivity index (χ2v) is 9.44. The average Bonchev–Trinajstić information content (AvgIpc) is 3.34. The van der Waals surface area contributed by atoms with Crippen LogP contribution in [0.5, 0.6) is 0 Å². The van der Waals surface area contributed by atoms with Crippen molar-refractivity contribution in [2.45, 2.75) is 39.3 Å². The first kappa shape index (κ1) is 25.4. The molecule has 3 aromatic rings. The summed E-state index contributed by atoms with van der Waals surface area (Å²) in [4.78, 5) is 35.6. The lowest BCUT2D eigenvalue weighted by atomic mass is 9.70. The SMILES string of the molecule is CCOC(=O)C1=C(C)NC(C)(c2ccccc2)C(C(=O)OCC)C1Nc1nc(-c2cccnc2)cs1. The van der Waals surface area contributed by atoms with Crippen LogP contribution in [-0.2, 0) is 24.6 Å². The molecule has 8 nitrogen and oxygen atoms in total. The fourth-order valence-corrected chi connectivity index (χ4v) is 5.43. The van der Waals surface area contributed by atoms with Crippen LogP contribution in [0, 0.1) is 5.92 Å². The molecule has 0 spiro atoms. The minimum Gasteiger partial charge on any atom is -0.466 e. The van der Waals surface area contributed by atoms with Crippen LogP contribution in [0.25, 0.3) is 11.3 Å². The molecule has 3 unspecified atom stereocenters. The van der Waals surface area contributed by atoms with Crippen LogP contribution in [0.1, 0.15) is 33.3 Å². The fraction of sp³-hybridized carbons (Fsp3) is 0.333. The molecule has 1 aromatic carbocycles. The zero-order valence-electron chi connectivity index (χ0n) is 20.8. The van der Waals surface area contributed by atoms with Crippen molar-refractivity contribution in [2.24, 2.45) is 5.92 Å². The smallest absolute Gasteiger partial charge is 0.337 e. The van der Waals surface area contributed by atoms with Gasteiger partial charge in [0.25, 0.3) is 0 Å². The van der Waals surface area contributed by atoms with Crippen LogP contribution in [0.3, 0.4) is 0 Å². The number of nitrogens with one attached hydrogen (secondary N) is 2. The van der Waals surface area contributed by atoms with Gasteiger partial charge in [-0.3, -0.25) is 9.78 Å². The van der Waals surface area contributed by atoms with Gasteiger partial charge in [-0.2, -0.15) is 0 Å². The first-order valence-corrected chi connectivity index (χ1v) is 12.8. The van der Waals surface area contributed by atoms with E-state index >= 15 is 0 Å². The first-order valence-electron chi connectivity index (χ1n) is 11.9. The van der Waals surface area contributed by atoms with Crippen LogP contribution < -0.4 is 10.6 Å². The zero-order chi connectivity index (χ0) is 25.7. The number of benzene rings is 1. The van der Waals surface area contributed by atoms with E-state index in [4.69, 9.17) is 14.5 Å². The maximum absolute atomic E-state index is 13.5. The van der Waals surface area contributed by atoms with Crippen molar-refractivity contribution < 1.29 is 19.1 Å². The van der Waals surface area contributed by atoms with Crippen LogP contribution in [0.15, 0.2) is 71.5 Å². The fourth-order valence-electron chi connectivity index (χ4n) is 4.67. The quantitative estimate of drug-likeness (QED) is 0.430. The number of esters is 2. The highest BCUT2D eigenvalue weighted by Crippen LogP contribution is 2.42. The van der Waals surface area contributed by atoms with Gasteiger partial charge in [-0.15, -0.1) is 11.3 Å². The van der Waals surface area contributed by atoms with Gasteiger partial charge in [-0.1, -0.05) is 30.3 Å². The van der Waals surface area contributed by atoms with Gasteiger partial charge < -0.3 is 20.1 Å². The molecular formula is C27H30N4O4S. The Morgan fingerprint density at radius 3 is 2.53 bits per heavy atom. The molecule has 0 saturated heterocycles. The van der Waals surface area contributed by atoms with Crippen molar-refractivity contribution in [3.8, 4) is 11.3 Å².